The number of nitriles is 1. The monoisotopic (exact) mass is 319 g/mol. The van der Waals surface area contributed by atoms with Gasteiger partial charge in [-0.05, 0) is 30.2 Å². The zero-order valence-electron chi connectivity index (χ0n) is 12.1. The second kappa shape index (κ2) is 5.12. The number of rotatable bonds is 2. The highest BCUT2D eigenvalue weighted by atomic mass is 19.4. The van der Waals surface area contributed by atoms with Crippen molar-refractivity contribution in [3.05, 3.63) is 34.5 Å². The molecular formula is C15H12F3N5. The van der Waals surface area contributed by atoms with Crippen LogP contribution in [0.5, 0.6) is 0 Å². The van der Waals surface area contributed by atoms with Crippen molar-refractivity contribution < 1.29 is 13.2 Å². The molecule has 0 atom stereocenters. The van der Waals surface area contributed by atoms with Gasteiger partial charge in [-0.3, -0.25) is 9.67 Å². The number of alkyl halides is 3. The first-order valence-corrected chi connectivity index (χ1v) is 6.77. The van der Waals surface area contributed by atoms with Crippen molar-refractivity contribution in [3.8, 4) is 17.2 Å². The van der Waals surface area contributed by atoms with E-state index in [-0.39, 0.29) is 18.9 Å². The van der Waals surface area contributed by atoms with E-state index in [1.165, 1.54) is 4.68 Å². The molecule has 1 aromatic heterocycles. The third-order valence-electron chi connectivity index (χ3n) is 3.80. The van der Waals surface area contributed by atoms with Crippen LogP contribution in [0.1, 0.15) is 22.4 Å². The third kappa shape index (κ3) is 2.44. The van der Waals surface area contributed by atoms with Gasteiger partial charge in [0.15, 0.2) is 5.82 Å². The van der Waals surface area contributed by atoms with E-state index in [1.54, 1.807) is 13.1 Å². The van der Waals surface area contributed by atoms with E-state index >= 15 is 0 Å². The summed E-state index contributed by atoms with van der Waals surface area (Å²) in [6.07, 6.45) is -2.91. The van der Waals surface area contributed by atoms with E-state index in [9.17, 15) is 13.2 Å². The molecular weight excluding hydrogens is 307 g/mol. The lowest BCUT2D eigenvalue weighted by atomic mass is 9.94. The Balaban J connectivity index is 2.27. The van der Waals surface area contributed by atoms with Gasteiger partial charge in [0.1, 0.15) is 6.54 Å². The molecule has 0 fully saturated rings. The molecule has 5 nitrogen and oxygen atoms in total. The second-order valence-corrected chi connectivity index (χ2v) is 5.23. The predicted octanol–water partition coefficient (Wildman–Crippen LogP) is 2.92. The summed E-state index contributed by atoms with van der Waals surface area (Å²) in [5.41, 5.74) is 7.56. The summed E-state index contributed by atoms with van der Waals surface area (Å²) < 4.78 is 40.8. The highest BCUT2D eigenvalue weighted by molar-refractivity contribution is 5.96. The van der Waals surface area contributed by atoms with Crippen LogP contribution in [0.15, 0.2) is 17.1 Å². The van der Waals surface area contributed by atoms with Crippen LogP contribution in [-0.4, -0.2) is 16.0 Å². The molecule has 23 heavy (non-hydrogen) atoms. The average Bonchev–Trinajstić information content (AvgIpc) is 3.03. The maximum atomic E-state index is 13.1. The predicted molar refractivity (Wildman–Crippen MR) is 78.7 cm³/mol. The van der Waals surface area contributed by atoms with E-state index in [0.717, 1.165) is 12.1 Å². The van der Waals surface area contributed by atoms with Crippen molar-refractivity contribution in [2.24, 2.45) is 4.99 Å². The smallest absolute Gasteiger partial charge is 0.382 e. The Hall–Kier alpha value is -2.82. The maximum Gasteiger partial charge on any atom is 0.416 e. The minimum atomic E-state index is -4.46. The third-order valence-corrected chi connectivity index (χ3v) is 3.80. The van der Waals surface area contributed by atoms with Gasteiger partial charge in [-0.15, -0.1) is 0 Å². The lowest BCUT2D eigenvalue weighted by Gasteiger charge is -2.13. The molecule has 2 aromatic rings. The standard InChI is InChI=1S/C15H12F3N5/c1-8-13(14(20)22-23(8)3-2-19)11-5-10(15(16,17)18)4-9-6-21-7-12(9)11/h4-5,7H,3,6H2,1H3,(H2,20,22). The number of fused-ring (bicyclic) bond motifs is 1. The first-order chi connectivity index (χ1) is 10.8. The molecule has 0 saturated heterocycles. The van der Waals surface area contributed by atoms with Crippen molar-refractivity contribution in [1.82, 2.24) is 9.78 Å². The lowest BCUT2D eigenvalue weighted by molar-refractivity contribution is -0.137. The first kappa shape index (κ1) is 15.1. The van der Waals surface area contributed by atoms with Crippen molar-refractivity contribution in [2.75, 3.05) is 5.73 Å². The van der Waals surface area contributed by atoms with Crippen LogP contribution in [0.4, 0.5) is 19.0 Å². The van der Waals surface area contributed by atoms with Crippen LogP contribution in [0.2, 0.25) is 0 Å². The molecule has 2 N–H and O–H groups in total. The lowest BCUT2D eigenvalue weighted by Crippen LogP contribution is -2.07. The molecule has 0 radical (unpaired) electrons. The van der Waals surface area contributed by atoms with Crippen molar-refractivity contribution in [2.45, 2.75) is 26.2 Å². The van der Waals surface area contributed by atoms with Crippen molar-refractivity contribution in [3.63, 3.8) is 0 Å². The quantitative estimate of drug-likeness (QED) is 0.924. The second-order valence-electron chi connectivity index (χ2n) is 5.23. The SMILES string of the molecule is Cc1c(-c2cc(C(F)(F)F)cc3c2C=NC3)c(N)nn1CC#N. The maximum absolute atomic E-state index is 13.1. The fraction of sp³-hybridized carbons (Fsp3) is 0.267. The highest BCUT2D eigenvalue weighted by Gasteiger charge is 2.33. The normalized spacial score (nSPS) is 13.2. The molecule has 1 aromatic carbocycles. The zero-order chi connectivity index (χ0) is 16.8. The van der Waals surface area contributed by atoms with Gasteiger partial charge >= 0.3 is 6.18 Å². The van der Waals surface area contributed by atoms with Crippen LogP contribution in [0.25, 0.3) is 11.1 Å². The van der Waals surface area contributed by atoms with E-state index < -0.39 is 11.7 Å². The fourth-order valence-corrected chi connectivity index (χ4v) is 2.73. The summed E-state index contributed by atoms with van der Waals surface area (Å²) in [4.78, 5) is 4.05. The van der Waals surface area contributed by atoms with Gasteiger partial charge in [0.25, 0.3) is 0 Å². The number of halogens is 3. The van der Waals surface area contributed by atoms with Gasteiger partial charge in [0.2, 0.25) is 0 Å². The van der Waals surface area contributed by atoms with Gasteiger partial charge in [0.05, 0.1) is 18.2 Å². The van der Waals surface area contributed by atoms with Gasteiger partial charge in [-0.1, -0.05) is 0 Å². The van der Waals surface area contributed by atoms with Crippen LogP contribution >= 0.6 is 0 Å². The number of hydrogen-bond acceptors (Lipinski definition) is 4. The van der Waals surface area contributed by atoms with Gasteiger partial charge in [-0.25, -0.2) is 0 Å². The van der Waals surface area contributed by atoms with Crippen molar-refractivity contribution >= 4 is 12.0 Å². The van der Waals surface area contributed by atoms with E-state index in [2.05, 4.69) is 10.1 Å². The number of aliphatic imine (C=N–C) groups is 1. The molecule has 1 aliphatic heterocycles. The molecule has 0 unspecified atom stereocenters. The molecule has 0 aliphatic carbocycles. The van der Waals surface area contributed by atoms with Crippen molar-refractivity contribution in [1.29, 1.82) is 5.26 Å². The number of benzene rings is 1. The minimum absolute atomic E-state index is 0.0225. The largest absolute Gasteiger partial charge is 0.416 e. The number of nitrogens with two attached hydrogens (primary N) is 1. The van der Waals surface area contributed by atoms with E-state index in [1.807, 2.05) is 6.07 Å². The van der Waals surface area contributed by atoms with E-state index in [4.69, 9.17) is 11.0 Å². The zero-order valence-corrected chi connectivity index (χ0v) is 12.1. The summed E-state index contributed by atoms with van der Waals surface area (Å²) in [5.74, 6) is 0.0968. The molecule has 8 heteroatoms. The molecule has 2 heterocycles. The Morgan fingerprint density at radius 1 is 1.39 bits per heavy atom. The summed E-state index contributed by atoms with van der Waals surface area (Å²) in [6.45, 7) is 1.86. The summed E-state index contributed by atoms with van der Waals surface area (Å²) in [6, 6.07) is 4.11. The molecule has 0 saturated carbocycles. The van der Waals surface area contributed by atoms with Crippen LogP contribution in [0, 0.1) is 18.3 Å². The summed E-state index contributed by atoms with van der Waals surface area (Å²) in [5, 5.41) is 12.8. The Morgan fingerprint density at radius 2 is 2.13 bits per heavy atom. The number of nitrogen functional groups attached to an aromatic ring is 1. The molecule has 0 amide bonds. The fourth-order valence-electron chi connectivity index (χ4n) is 2.73. The molecule has 0 spiro atoms. The van der Waals surface area contributed by atoms with Gasteiger partial charge in [-0.2, -0.15) is 23.5 Å². The molecule has 1 aliphatic rings. The minimum Gasteiger partial charge on any atom is -0.382 e. The highest BCUT2D eigenvalue weighted by Crippen LogP contribution is 2.39. The first-order valence-electron chi connectivity index (χ1n) is 6.77. The topological polar surface area (TPSA) is 80.0 Å². The van der Waals surface area contributed by atoms with Gasteiger partial charge < -0.3 is 5.73 Å². The number of hydrogen-bond donors (Lipinski definition) is 1. The van der Waals surface area contributed by atoms with Crippen LogP contribution in [-0.2, 0) is 19.3 Å². The van der Waals surface area contributed by atoms with Gasteiger partial charge in [0, 0.05) is 23.0 Å². The molecule has 3 rings (SSSR count). The number of nitrogens with zero attached hydrogens (tertiary/aromatic N) is 4. The van der Waals surface area contributed by atoms with Crippen LogP contribution in [0.3, 0.4) is 0 Å². The Morgan fingerprint density at radius 3 is 2.78 bits per heavy atom. The Labute approximate surface area is 129 Å². The number of anilines is 1. The number of aromatic nitrogens is 2. The van der Waals surface area contributed by atoms with Crippen LogP contribution < -0.4 is 5.73 Å². The van der Waals surface area contributed by atoms with E-state index in [0.29, 0.717) is 27.9 Å². The summed E-state index contributed by atoms with van der Waals surface area (Å²) in [7, 11) is 0. The summed E-state index contributed by atoms with van der Waals surface area (Å²) >= 11 is 0. The Bertz CT molecular complexity index is 855. The average molecular weight is 319 g/mol. The molecule has 118 valence electrons. The Kier molecular flexibility index (Phi) is 3.36. The molecule has 0 bridgehead atoms.